The number of ether oxygens (including phenoxy) is 1. The molecule has 0 bridgehead atoms. The first-order valence-corrected chi connectivity index (χ1v) is 8.54. The summed E-state index contributed by atoms with van der Waals surface area (Å²) >= 11 is 12.5. The van der Waals surface area contributed by atoms with Crippen LogP contribution >= 0.6 is 23.2 Å². The number of amides is 1. The average molecular weight is 384 g/mol. The Hall–Kier alpha value is -1.98. The lowest BCUT2D eigenvalue weighted by molar-refractivity contribution is -0.119. The highest BCUT2D eigenvalue weighted by Gasteiger charge is 2.29. The monoisotopic (exact) mass is 383 g/mol. The minimum atomic E-state index is -0.756. The first-order chi connectivity index (χ1) is 11.9. The molecule has 0 aromatic heterocycles. The standard InChI is InChI=1S/C18H16Cl2FNO3/c1-9(23)22-8-10-5-6-11-17(24)15(21)7-12(18(11)25-10)16-13(19)3-2-4-14(16)20/h2-4,7,10,24H,5-6,8H2,1H3,(H,22,23)/t10-/m1/s1. The van der Waals surface area contributed by atoms with E-state index in [-0.39, 0.29) is 12.0 Å². The summed E-state index contributed by atoms with van der Waals surface area (Å²) < 4.78 is 20.2. The molecule has 0 aliphatic carbocycles. The molecule has 0 radical (unpaired) electrons. The zero-order chi connectivity index (χ0) is 18.1. The molecular formula is C18H16Cl2FNO3. The number of phenols is 1. The van der Waals surface area contributed by atoms with E-state index in [1.54, 1.807) is 18.2 Å². The Morgan fingerprint density at radius 3 is 2.72 bits per heavy atom. The van der Waals surface area contributed by atoms with Gasteiger partial charge in [-0.1, -0.05) is 29.3 Å². The molecule has 1 amide bonds. The first kappa shape index (κ1) is 17.8. The quantitative estimate of drug-likeness (QED) is 0.828. The summed E-state index contributed by atoms with van der Waals surface area (Å²) in [6.45, 7) is 1.75. The lowest BCUT2D eigenvalue weighted by atomic mass is 9.94. The van der Waals surface area contributed by atoms with Crippen molar-refractivity contribution in [3.63, 3.8) is 0 Å². The number of hydrogen-bond acceptors (Lipinski definition) is 3. The maximum atomic E-state index is 14.2. The summed E-state index contributed by atoms with van der Waals surface area (Å²) in [6, 6.07) is 6.16. The molecule has 2 N–H and O–H groups in total. The number of carbonyl (C=O) groups excluding carboxylic acids is 1. The fourth-order valence-electron chi connectivity index (χ4n) is 2.91. The van der Waals surface area contributed by atoms with Crippen molar-refractivity contribution in [1.82, 2.24) is 5.32 Å². The summed E-state index contributed by atoms with van der Waals surface area (Å²) in [5.41, 5.74) is 1.21. The first-order valence-electron chi connectivity index (χ1n) is 7.78. The van der Waals surface area contributed by atoms with Gasteiger partial charge < -0.3 is 15.2 Å². The molecular weight excluding hydrogens is 368 g/mol. The van der Waals surface area contributed by atoms with Gasteiger partial charge in [-0.15, -0.1) is 0 Å². The van der Waals surface area contributed by atoms with Gasteiger partial charge in [0.15, 0.2) is 11.6 Å². The molecule has 0 spiro atoms. The van der Waals surface area contributed by atoms with E-state index in [9.17, 15) is 14.3 Å². The number of benzene rings is 2. The van der Waals surface area contributed by atoms with Gasteiger partial charge in [-0.05, 0) is 31.0 Å². The molecule has 2 aromatic rings. The molecule has 0 saturated carbocycles. The predicted molar refractivity (Wildman–Crippen MR) is 94.9 cm³/mol. The minimum Gasteiger partial charge on any atom is -0.505 e. The number of fused-ring (bicyclic) bond motifs is 1. The number of aromatic hydroxyl groups is 1. The van der Waals surface area contributed by atoms with Gasteiger partial charge in [-0.25, -0.2) is 4.39 Å². The molecule has 7 heteroatoms. The van der Waals surface area contributed by atoms with Crippen molar-refractivity contribution in [1.29, 1.82) is 0 Å². The van der Waals surface area contributed by atoms with E-state index in [1.807, 2.05) is 0 Å². The number of nitrogens with one attached hydrogen (secondary N) is 1. The van der Waals surface area contributed by atoms with E-state index in [0.29, 0.717) is 51.9 Å². The van der Waals surface area contributed by atoms with Gasteiger partial charge in [0.05, 0.1) is 16.6 Å². The predicted octanol–water partition coefficient (Wildman–Crippen LogP) is 4.33. The van der Waals surface area contributed by atoms with Gasteiger partial charge in [0.1, 0.15) is 11.9 Å². The molecule has 1 heterocycles. The Bertz CT molecular complexity index is 821. The topological polar surface area (TPSA) is 58.6 Å². The summed E-state index contributed by atoms with van der Waals surface area (Å²) in [5.74, 6) is -1.00. The van der Waals surface area contributed by atoms with Crippen LogP contribution in [0.5, 0.6) is 11.5 Å². The van der Waals surface area contributed by atoms with Crippen molar-refractivity contribution in [2.24, 2.45) is 0 Å². The molecule has 132 valence electrons. The van der Waals surface area contributed by atoms with Gasteiger partial charge in [0.2, 0.25) is 5.91 Å². The van der Waals surface area contributed by atoms with Gasteiger partial charge in [-0.3, -0.25) is 4.79 Å². The van der Waals surface area contributed by atoms with Crippen LogP contribution in [-0.2, 0) is 11.2 Å². The Labute approximate surface area is 154 Å². The fraction of sp³-hybridized carbons (Fsp3) is 0.278. The number of rotatable bonds is 3. The zero-order valence-corrected chi connectivity index (χ0v) is 14.9. The second-order valence-corrected chi connectivity index (χ2v) is 6.69. The van der Waals surface area contributed by atoms with Crippen molar-refractivity contribution in [2.75, 3.05) is 6.54 Å². The van der Waals surface area contributed by atoms with Crippen molar-refractivity contribution >= 4 is 29.1 Å². The molecule has 1 atom stereocenters. The van der Waals surface area contributed by atoms with Crippen LogP contribution in [0.2, 0.25) is 10.0 Å². The average Bonchev–Trinajstić information content (AvgIpc) is 2.57. The molecule has 0 unspecified atom stereocenters. The summed E-state index contributed by atoms with van der Waals surface area (Å²) in [7, 11) is 0. The second kappa shape index (κ2) is 7.10. The van der Waals surface area contributed by atoms with Crippen LogP contribution in [0.15, 0.2) is 24.3 Å². The Morgan fingerprint density at radius 2 is 2.08 bits per heavy atom. The van der Waals surface area contributed by atoms with Crippen molar-refractivity contribution in [2.45, 2.75) is 25.9 Å². The zero-order valence-electron chi connectivity index (χ0n) is 13.4. The molecule has 4 nitrogen and oxygen atoms in total. The summed E-state index contributed by atoms with van der Waals surface area (Å²) in [4.78, 5) is 11.1. The largest absolute Gasteiger partial charge is 0.505 e. The highest BCUT2D eigenvalue weighted by molar-refractivity contribution is 6.39. The Balaban J connectivity index is 2.09. The van der Waals surface area contributed by atoms with Crippen LogP contribution in [0, 0.1) is 5.82 Å². The number of halogens is 3. The SMILES string of the molecule is CC(=O)NC[C@H]1CCc2c(O)c(F)cc(-c3c(Cl)cccc3Cl)c2O1. The third-order valence-electron chi connectivity index (χ3n) is 4.11. The van der Waals surface area contributed by atoms with Crippen LogP contribution in [0.1, 0.15) is 18.9 Å². The lowest BCUT2D eigenvalue weighted by Gasteiger charge is -2.29. The second-order valence-electron chi connectivity index (χ2n) is 5.87. The van der Waals surface area contributed by atoms with Crippen molar-refractivity contribution in [3.05, 3.63) is 45.7 Å². The third kappa shape index (κ3) is 3.53. The van der Waals surface area contributed by atoms with Crippen LogP contribution < -0.4 is 10.1 Å². The van der Waals surface area contributed by atoms with E-state index in [1.165, 1.54) is 13.0 Å². The van der Waals surface area contributed by atoms with Crippen LogP contribution in [0.3, 0.4) is 0 Å². The Morgan fingerprint density at radius 1 is 1.40 bits per heavy atom. The molecule has 0 saturated heterocycles. The Kier molecular flexibility index (Phi) is 5.06. The van der Waals surface area contributed by atoms with E-state index in [4.69, 9.17) is 27.9 Å². The molecule has 3 rings (SSSR count). The molecule has 2 aromatic carbocycles. The summed E-state index contributed by atoms with van der Waals surface area (Å²) in [5, 5.41) is 13.5. The number of phenolic OH excluding ortho intramolecular Hbond substituents is 1. The maximum absolute atomic E-state index is 14.2. The fourth-order valence-corrected chi connectivity index (χ4v) is 3.52. The van der Waals surface area contributed by atoms with Crippen LogP contribution in [0.25, 0.3) is 11.1 Å². The molecule has 25 heavy (non-hydrogen) atoms. The van der Waals surface area contributed by atoms with E-state index in [0.717, 1.165) is 0 Å². The normalized spacial score (nSPS) is 16.1. The van der Waals surface area contributed by atoms with E-state index >= 15 is 0 Å². The van der Waals surface area contributed by atoms with Crippen LogP contribution in [0.4, 0.5) is 4.39 Å². The van der Waals surface area contributed by atoms with E-state index < -0.39 is 11.6 Å². The highest BCUT2D eigenvalue weighted by atomic mass is 35.5. The van der Waals surface area contributed by atoms with E-state index in [2.05, 4.69) is 5.32 Å². The number of carbonyl (C=O) groups is 1. The smallest absolute Gasteiger partial charge is 0.217 e. The van der Waals surface area contributed by atoms with Crippen LogP contribution in [-0.4, -0.2) is 23.7 Å². The molecule has 1 aliphatic rings. The van der Waals surface area contributed by atoms with Gasteiger partial charge in [-0.2, -0.15) is 0 Å². The lowest BCUT2D eigenvalue weighted by Crippen LogP contribution is -2.36. The third-order valence-corrected chi connectivity index (χ3v) is 4.74. The van der Waals surface area contributed by atoms with Crippen molar-refractivity contribution < 1.29 is 19.0 Å². The molecule has 1 aliphatic heterocycles. The minimum absolute atomic E-state index is 0.161. The maximum Gasteiger partial charge on any atom is 0.217 e. The highest BCUT2D eigenvalue weighted by Crippen LogP contribution is 2.47. The van der Waals surface area contributed by atoms with Crippen molar-refractivity contribution in [3.8, 4) is 22.6 Å². The summed E-state index contributed by atoms with van der Waals surface area (Å²) in [6.07, 6.45) is 0.666. The van der Waals surface area contributed by atoms with Gasteiger partial charge >= 0.3 is 0 Å². The molecule has 0 fully saturated rings. The van der Waals surface area contributed by atoms with Gasteiger partial charge in [0, 0.05) is 23.6 Å². The number of hydrogen-bond donors (Lipinski definition) is 2. The van der Waals surface area contributed by atoms with Gasteiger partial charge in [0.25, 0.3) is 0 Å².